The van der Waals surface area contributed by atoms with Crippen molar-refractivity contribution in [3.63, 3.8) is 0 Å². The zero-order chi connectivity index (χ0) is 18.5. The van der Waals surface area contributed by atoms with Crippen LogP contribution in [0.3, 0.4) is 0 Å². The molecule has 1 N–H and O–H groups in total. The number of nitrogens with zero attached hydrogens (tertiary/aromatic N) is 3. The third kappa shape index (κ3) is 4.53. The molecule has 1 aliphatic heterocycles. The van der Waals surface area contributed by atoms with Gasteiger partial charge in [-0.1, -0.05) is 0 Å². The van der Waals surface area contributed by atoms with Gasteiger partial charge in [-0.15, -0.1) is 11.3 Å². The maximum Gasteiger partial charge on any atom is 0.324 e. The zero-order valence-electron chi connectivity index (χ0n) is 14.7. The lowest BCUT2D eigenvalue weighted by molar-refractivity contribution is 0.0803. The largest absolute Gasteiger partial charge is 0.467 e. The standard InChI is InChI=1S/C19H20N4O3S/c24-19(22-18-21-17(13-27-18)14-4-1-7-20-10-14)23(11-15-5-2-8-25-15)12-16-6-3-9-26-16/h1-2,4-5,7-8,10,13,16H,3,6,9,11-12H2,(H,21,22,24). The van der Waals surface area contributed by atoms with Crippen LogP contribution in [0.1, 0.15) is 18.6 Å². The minimum atomic E-state index is -0.214. The number of thiazole rings is 1. The van der Waals surface area contributed by atoms with Crippen LogP contribution in [0.4, 0.5) is 9.93 Å². The van der Waals surface area contributed by atoms with Gasteiger partial charge in [0.2, 0.25) is 0 Å². The Morgan fingerprint density at radius 1 is 1.37 bits per heavy atom. The summed E-state index contributed by atoms with van der Waals surface area (Å²) in [5.74, 6) is 0.735. The van der Waals surface area contributed by atoms with Gasteiger partial charge in [0.25, 0.3) is 0 Å². The second-order valence-electron chi connectivity index (χ2n) is 6.30. The molecule has 27 heavy (non-hydrogen) atoms. The first-order valence-corrected chi connectivity index (χ1v) is 9.72. The van der Waals surface area contributed by atoms with Crippen molar-refractivity contribution in [2.75, 3.05) is 18.5 Å². The first kappa shape index (κ1) is 17.7. The van der Waals surface area contributed by atoms with Crippen molar-refractivity contribution in [2.24, 2.45) is 0 Å². The van der Waals surface area contributed by atoms with Gasteiger partial charge in [0.05, 0.1) is 24.6 Å². The minimum Gasteiger partial charge on any atom is -0.467 e. The molecule has 1 atom stereocenters. The smallest absolute Gasteiger partial charge is 0.324 e. The average molecular weight is 384 g/mol. The van der Waals surface area contributed by atoms with E-state index in [0.29, 0.717) is 18.2 Å². The van der Waals surface area contributed by atoms with E-state index >= 15 is 0 Å². The molecule has 3 aromatic rings. The maximum absolute atomic E-state index is 12.8. The summed E-state index contributed by atoms with van der Waals surface area (Å²) in [4.78, 5) is 23.2. The number of hydrogen-bond donors (Lipinski definition) is 1. The van der Waals surface area contributed by atoms with E-state index in [1.165, 1.54) is 11.3 Å². The molecule has 2 amide bonds. The number of carbonyl (C=O) groups is 1. The molecule has 0 aromatic carbocycles. The molecule has 1 aliphatic rings. The molecule has 4 rings (SSSR count). The number of ether oxygens (including phenoxy) is 1. The average Bonchev–Trinajstić information content (AvgIpc) is 3.45. The van der Waals surface area contributed by atoms with Gasteiger partial charge in [0.15, 0.2) is 5.13 Å². The van der Waals surface area contributed by atoms with Gasteiger partial charge in [-0.3, -0.25) is 10.3 Å². The van der Waals surface area contributed by atoms with Crippen LogP contribution in [-0.4, -0.2) is 40.2 Å². The number of pyridine rings is 1. The van der Waals surface area contributed by atoms with Crippen LogP contribution < -0.4 is 5.32 Å². The Morgan fingerprint density at radius 3 is 3.07 bits per heavy atom. The summed E-state index contributed by atoms with van der Waals surface area (Å²) in [6, 6.07) is 7.26. The predicted molar refractivity (Wildman–Crippen MR) is 102 cm³/mol. The molecular formula is C19H20N4O3S. The molecule has 1 unspecified atom stereocenters. The van der Waals surface area contributed by atoms with E-state index in [4.69, 9.17) is 9.15 Å². The van der Waals surface area contributed by atoms with Gasteiger partial charge in [0.1, 0.15) is 5.76 Å². The molecule has 0 spiro atoms. The Balaban J connectivity index is 1.45. The van der Waals surface area contributed by atoms with Crippen LogP contribution in [0.15, 0.2) is 52.7 Å². The summed E-state index contributed by atoms with van der Waals surface area (Å²) in [7, 11) is 0. The van der Waals surface area contributed by atoms with Crippen LogP contribution in [0.5, 0.6) is 0 Å². The van der Waals surface area contributed by atoms with Gasteiger partial charge in [-0.05, 0) is 37.1 Å². The SMILES string of the molecule is O=C(Nc1nc(-c2cccnc2)cs1)N(Cc1ccco1)CC1CCCO1. The van der Waals surface area contributed by atoms with E-state index in [2.05, 4.69) is 15.3 Å². The van der Waals surface area contributed by atoms with Crippen molar-refractivity contribution in [1.29, 1.82) is 0 Å². The van der Waals surface area contributed by atoms with Crippen LogP contribution in [0.25, 0.3) is 11.3 Å². The van der Waals surface area contributed by atoms with Crippen molar-refractivity contribution in [1.82, 2.24) is 14.9 Å². The highest BCUT2D eigenvalue weighted by Crippen LogP contribution is 2.25. The van der Waals surface area contributed by atoms with Gasteiger partial charge in [-0.25, -0.2) is 9.78 Å². The van der Waals surface area contributed by atoms with Crippen LogP contribution >= 0.6 is 11.3 Å². The normalized spacial score (nSPS) is 16.4. The first-order valence-electron chi connectivity index (χ1n) is 8.84. The van der Waals surface area contributed by atoms with E-state index in [1.54, 1.807) is 23.6 Å². The maximum atomic E-state index is 12.8. The number of hydrogen-bond acceptors (Lipinski definition) is 6. The Hall–Kier alpha value is -2.71. The van der Waals surface area contributed by atoms with E-state index in [0.717, 1.165) is 36.5 Å². The van der Waals surface area contributed by atoms with Gasteiger partial charge in [0, 0.05) is 36.5 Å². The highest BCUT2D eigenvalue weighted by molar-refractivity contribution is 7.14. The molecule has 0 radical (unpaired) electrons. The monoisotopic (exact) mass is 384 g/mol. The molecule has 4 heterocycles. The van der Waals surface area contributed by atoms with Gasteiger partial charge >= 0.3 is 6.03 Å². The quantitative estimate of drug-likeness (QED) is 0.694. The molecule has 1 fully saturated rings. The highest BCUT2D eigenvalue weighted by atomic mass is 32.1. The van der Waals surface area contributed by atoms with E-state index in [-0.39, 0.29) is 12.1 Å². The Bertz CT molecular complexity index is 860. The predicted octanol–water partition coefficient (Wildman–Crippen LogP) is 4.01. The molecule has 7 nitrogen and oxygen atoms in total. The van der Waals surface area contributed by atoms with E-state index < -0.39 is 0 Å². The van der Waals surface area contributed by atoms with Crippen LogP contribution in [0, 0.1) is 0 Å². The molecule has 1 saturated heterocycles. The van der Waals surface area contributed by atoms with Crippen molar-refractivity contribution in [3.05, 3.63) is 54.1 Å². The lowest BCUT2D eigenvalue weighted by Gasteiger charge is -2.24. The molecule has 140 valence electrons. The number of aromatic nitrogens is 2. The second kappa shape index (κ2) is 8.32. The lowest BCUT2D eigenvalue weighted by atomic mass is 10.2. The number of anilines is 1. The number of furan rings is 1. The fourth-order valence-electron chi connectivity index (χ4n) is 2.99. The number of urea groups is 1. The fourth-order valence-corrected chi connectivity index (χ4v) is 3.70. The summed E-state index contributed by atoms with van der Waals surface area (Å²) in [6.45, 7) is 1.66. The zero-order valence-corrected chi connectivity index (χ0v) is 15.5. The highest BCUT2D eigenvalue weighted by Gasteiger charge is 2.24. The van der Waals surface area contributed by atoms with Crippen LogP contribution in [0.2, 0.25) is 0 Å². The van der Waals surface area contributed by atoms with Crippen LogP contribution in [-0.2, 0) is 11.3 Å². The number of rotatable bonds is 6. The molecule has 0 aliphatic carbocycles. The minimum absolute atomic E-state index is 0.0629. The molecule has 0 bridgehead atoms. The third-order valence-electron chi connectivity index (χ3n) is 4.34. The van der Waals surface area contributed by atoms with E-state index in [9.17, 15) is 4.79 Å². The molecular weight excluding hydrogens is 364 g/mol. The summed E-state index contributed by atoms with van der Waals surface area (Å²) in [5, 5.41) is 5.35. The summed E-state index contributed by atoms with van der Waals surface area (Å²) in [5.41, 5.74) is 1.71. The van der Waals surface area contributed by atoms with Gasteiger partial charge < -0.3 is 14.1 Å². The number of carbonyl (C=O) groups excluding carboxylic acids is 1. The van der Waals surface area contributed by atoms with Crippen molar-refractivity contribution >= 4 is 22.5 Å². The third-order valence-corrected chi connectivity index (χ3v) is 5.10. The summed E-state index contributed by atoms with van der Waals surface area (Å²) in [6.07, 6.45) is 7.13. The lowest BCUT2D eigenvalue weighted by Crippen LogP contribution is -2.39. The second-order valence-corrected chi connectivity index (χ2v) is 7.16. The van der Waals surface area contributed by atoms with Gasteiger partial charge in [-0.2, -0.15) is 0 Å². The van der Waals surface area contributed by atoms with E-state index in [1.807, 2.05) is 29.6 Å². The Morgan fingerprint density at radius 2 is 2.33 bits per heavy atom. The molecule has 8 heteroatoms. The topological polar surface area (TPSA) is 80.5 Å². The van der Waals surface area contributed by atoms with Crippen molar-refractivity contribution < 1.29 is 13.9 Å². The first-order chi connectivity index (χ1) is 13.3. The van der Waals surface area contributed by atoms with Crippen molar-refractivity contribution in [3.8, 4) is 11.3 Å². The Kier molecular flexibility index (Phi) is 5.45. The summed E-state index contributed by atoms with van der Waals surface area (Å²) >= 11 is 1.39. The Labute approximate surface area is 161 Å². The number of amides is 2. The molecule has 0 saturated carbocycles. The number of nitrogens with one attached hydrogen (secondary N) is 1. The summed E-state index contributed by atoms with van der Waals surface area (Å²) < 4.78 is 11.1. The van der Waals surface area contributed by atoms with Crippen molar-refractivity contribution in [2.45, 2.75) is 25.5 Å². The fraction of sp³-hybridized carbons (Fsp3) is 0.316. The molecule has 3 aromatic heterocycles.